The average Bonchev–Trinajstić information content (AvgIpc) is 3.01. The van der Waals surface area contributed by atoms with Crippen LogP contribution in [0.5, 0.6) is 0 Å². The molecule has 10 nitrogen and oxygen atoms in total. The number of non-ortho nitro benzene ring substituents is 1. The molecule has 1 aliphatic rings. The molecule has 43 heavy (non-hydrogen) atoms. The van der Waals surface area contributed by atoms with Crippen molar-refractivity contribution in [2.45, 2.75) is 69.0 Å². The molecule has 1 saturated carbocycles. The van der Waals surface area contributed by atoms with E-state index in [1.807, 2.05) is 6.92 Å². The zero-order valence-corrected chi connectivity index (χ0v) is 25.5. The summed E-state index contributed by atoms with van der Waals surface area (Å²) in [4.78, 5) is 39.8. The van der Waals surface area contributed by atoms with Gasteiger partial charge >= 0.3 is 0 Å². The monoisotopic (exact) mass is 626 g/mol. The maximum Gasteiger partial charge on any atom is 0.269 e. The molecule has 0 heterocycles. The second kappa shape index (κ2) is 14.5. The lowest BCUT2D eigenvalue weighted by molar-refractivity contribution is -0.384. The van der Waals surface area contributed by atoms with Crippen LogP contribution in [0.3, 0.4) is 0 Å². The summed E-state index contributed by atoms with van der Waals surface area (Å²) < 4.78 is 28.7. The highest BCUT2D eigenvalue weighted by Crippen LogP contribution is 2.27. The van der Waals surface area contributed by atoms with Crippen molar-refractivity contribution in [2.24, 2.45) is 0 Å². The van der Waals surface area contributed by atoms with Crippen LogP contribution in [0, 0.1) is 10.1 Å². The third kappa shape index (κ3) is 8.11. The van der Waals surface area contributed by atoms with Crippen molar-refractivity contribution >= 4 is 44.8 Å². The molecule has 0 aromatic heterocycles. The molecule has 12 heteroatoms. The Hall–Kier alpha value is -3.96. The van der Waals surface area contributed by atoms with Gasteiger partial charge in [-0.1, -0.05) is 68.1 Å². The Bertz CT molecular complexity index is 1510. The first-order chi connectivity index (χ1) is 20.6. The molecule has 0 aliphatic heterocycles. The summed E-state index contributed by atoms with van der Waals surface area (Å²) in [7, 11) is -4.27. The SMILES string of the molecule is CCC(C(=O)NC1CCCCC1)N(Cc1ccc(Cl)cc1)C(=O)CN(c1ccc([N+](=O)[O-])cc1)S(=O)(=O)c1ccccc1. The van der Waals surface area contributed by atoms with Crippen LogP contribution in [0.1, 0.15) is 51.0 Å². The molecule has 0 radical (unpaired) electrons. The summed E-state index contributed by atoms with van der Waals surface area (Å²) in [6.45, 7) is 1.23. The van der Waals surface area contributed by atoms with Crippen LogP contribution >= 0.6 is 11.6 Å². The predicted octanol–water partition coefficient (Wildman–Crippen LogP) is 5.70. The molecular formula is C31H35ClN4O6S. The number of nitro groups is 1. The molecule has 0 spiro atoms. The smallest absolute Gasteiger partial charge is 0.269 e. The van der Waals surface area contributed by atoms with Crippen LogP contribution in [0.15, 0.2) is 83.8 Å². The van der Waals surface area contributed by atoms with E-state index in [4.69, 9.17) is 11.6 Å². The zero-order chi connectivity index (χ0) is 31.0. The number of rotatable bonds is 12. The quantitative estimate of drug-likeness (QED) is 0.203. The lowest BCUT2D eigenvalue weighted by Crippen LogP contribution is -2.54. The van der Waals surface area contributed by atoms with Gasteiger partial charge in [0.1, 0.15) is 12.6 Å². The van der Waals surface area contributed by atoms with Crippen molar-refractivity contribution < 1.29 is 22.9 Å². The van der Waals surface area contributed by atoms with Gasteiger partial charge in [0.15, 0.2) is 0 Å². The van der Waals surface area contributed by atoms with Crippen LogP contribution in [-0.2, 0) is 26.2 Å². The second-order valence-corrected chi connectivity index (χ2v) is 12.8. The van der Waals surface area contributed by atoms with Crippen molar-refractivity contribution in [1.82, 2.24) is 10.2 Å². The lowest BCUT2D eigenvalue weighted by atomic mass is 9.95. The van der Waals surface area contributed by atoms with Crippen molar-refractivity contribution in [3.05, 3.63) is 99.6 Å². The van der Waals surface area contributed by atoms with Gasteiger partial charge in [-0.3, -0.25) is 24.0 Å². The molecule has 0 saturated heterocycles. The Morgan fingerprint density at radius 1 is 0.977 bits per heavy atom. The maximum absolute atomic E-state index is 14.2. The largest absolute Gasteiger partial charge is 0.352 e. The van der Waals surface area contributed by atoms with E-state index in [0.29, 0.717) is 11.4 Å². The molecule has 2 amide bonds. The minimum atomic E-state index is -4.27. The fraction of sp³-hybridized carbons (Fsp3) is 0.355. The number of carbonyl (C=O) groups excluding carboxylic acids is 2. The summed E-state index contributed by atoms with van der Waals surface area (Å²) in [5, 5.41) is 14.9. The highest BCUT2D eigenvalue weighted by Gasteiger charge is 2.34. The fourth-order valence-corrected chi connectivity index (χ4v) is 6.80. The van der Waals surface area contributed by atoms with E-state index in [2.05, 4.69) is 5.32 Å². The van der Waals surface area contributed by atoms with Crippen LogP contribution < -0.4 is 9.62 Å². The molecule has 1 N–H and O–H groups in total. The first-order valence-electron chi connectivity index (χ1n) is 14.3. The molecule has 3 aromatic carbocycles. The number of benzene rings is 3. The first-order valence-corrected chi connectivity index (χ1v) is 16.1. The summed E-state index contributed by atoms with van der Waals surface area (Å²) in [5.41, 5.74) is 0.574. The number of amides is 2. The van der Waals surface area contributed by atoms with Gasteiger partial charge in [-0.2, -0.15) is 0 Å². The van der Waals surface area contributed by atoms with Gasteiger partial charge in [0, 0.05) is 29.7 Å². The molecule has 4 rings (SSSR count). The third-order valence-corrected chi connectivity index (χ3v) is 9.60. The number of hydrogen-bond acceptors (Lipinski definition) is 6. The van der Waals surface area contributed by atoms with Gasteiger partial charge in [0.05, 0.1) is 15.5 Å². The lowest BCUT2D eigenvalue weighted by Gasteiger charge is -2.34. The van der Waals surface area contributed by atoms with Crippen molar-refractivity contribution in [2.75, 3.05) is 10.8 Å². The summed E-state index contributed by atoms with van der Waals surface area (Å²) in [6, 6.07) is 18.6. The number of anilines is 1. The molecule has 1 atom stereocenters. The normalized spacial score (nSPS) is 14.5. The van der Waals surface area contributed by atoms with Crippen LogP contribution in [0.2, 0.25) is 5.02 Å². The molecule has 1 aliphatic carbocycles. The predicted molar refractivity (Wildman–Crippen MR) is 165 cm³/mol. The van der Waals surface area contributed by atoms with Crippen molar-refractivity contribution in [1.29, 1.82) is 0 Å². The first kappa shape index (κ1) is 32.0. The minimum absolute atomic E-state index is 0.0258. The van der Waals surface area contributed by atoms with E-state index in [1.54, 1.807) is 42.5 Å². The average molecular weight is 627 g/mol. The third-order valence-electron chi connectivity index (χ3n) is 7.56. The number of nitro benzene ring substituents is 1. The van der Waals surface area contributed by atoms with Crippen molar-refractivity contribution in [3.63, 3.8) is 0 Å². The van der Waals surface area contributed by atoms with Crippen LogP contribution in [0.25, 0.3) is 0 Å². The second-order valence-electron chi connectivity index (χ2n) is 10.5. The van der Waals surface area contributed by atoms with E-state index >= 15 is 0 Å². The van der Waals surface area contributed by atoms with Gasteiger partial charge in [-0.15, -0.1) is 0 Å². The molecule has 3 aromatic rings. The Kier molecular flexibility index (Phi) is 10.8. The number of nitrogens with zero attached hydrogens (tertiary/aromatic N) is 3. The topological polar surface area (TPSA) is 130 Å². The van der Waals surface area contributed by atoms with Crippen LogP contribution in [-0.4, -0.2) is 48.7 Å². The van der Waals surface area contributed by atoms with E-state index < -0.39 is 33.4 Å². The molecule has 1 unspecified atom stereocenters. The fourth-order valence-electron chi connectivity index (χ4n) is 5.24. The molecule has 228 valence electrons. The minimum Gasteiger partial charge on any atom is -0.352 e. The van der Waals surface area contributed by atoms with Crippen molar-refractivity contribution in [3.8, 4) is 0 Å². The highest BCUT2D eigenvalue weighted by atomic mass is 35.5. The Morgan fingerprint density at radius 2 is 1.60 bits per heavy atom. The number of sulfonamides is 1. The van der Waals surface area contributed by atoms with E-state index in [0.717, 1.165) is 42.0 Å². The number of halogens is 1. The van der Waals surface area contributed by atoms with E-state index in [-0.39, 0.29) is 34.8 Å². The van der Waals surface area contributed by atoms with Gasteiger partial charge in [0.25, 0.3) is 15.7 Å². The zero-order valence-electron chi connectivity index (χ0n) is 23.9. The number of nitrogens with one attached hydrogen (secondary N) is 1. The summed E-state index contributed by atoms with van der Waals surface area (Å²) in [6.07, 6.45) is 5.22. The van der Waals surface area contributed by atoms with Gasteiger partial charge in [0.2, 0.25) is 11.8 Å². The standard InChI is InChI=1S/C31H35ClN4O6S/c1-2-29(31(38)33-25-9-5-3-6-10-25)34(21-23-13-15-24(32)16-14-23)30(37)22-35(26-17-19-27(20-18-26)36(39)40)43(41,42)28-11-7-4-8-12-28/h4,7-8,11-20,25,29H,2-3,5-6,9-10,21-22H2,1H3,(H,33,38). The Morgan fingerprint density at radius 3 is 2.19 bits per heavy atom. The molecule has 0 bridgehead atoms. The number of hydrogen-bond donors (Lipinski definition) is 1. The van der Waals surface area contributed by atoms with E-state index in [9.17, 15) is 28.1 Å². The summed E-state index contributed by atoms with van der Waals surface area (Å²) >= 11 is 6.08. The summed E-state index contributed by atoms with van der Waals surface area (Å²) in [5.74, 6) is -0.886. The molecule has 1 fully saturated rings. The van der Waals surface area contributed by atoms with Crippen LogP contribution in [0.4, 0.5) is 11.4 Å². The van der Waals surface area contributed by atoms with Gasteiger partial charge in [-0.25, -0.2) is 8.42 Å². The highest BCUT2D eigenvalue weighted by molar-refractivity contribution is 7.92. The molecular weight excluding hydrogens is 592 g/mol. The van der Waals surface area contributed by atoms with E-state index in [1.165, 1.54) is 41.3 Å². The maximum atomic E-state index is 14.2. The Labute approximate surface area is 256 Å². The number of carbonyl (C=O) groups is 2. The Balaban J connectivity index is 1.70. The van der Waals surface area contributed by atoms with Gasteiger partial charge in [-0.05, 0) is 61.2 Å². The van der Waals surface area contributed by atoms with Gasteiger partial charge < -0.3 is 10.2 Å².